The Bertz CT molecular complexity index is 268. The zero-order valence-corrected chi connectivity index (χ0v) is 10.5. The summed E-state index contributed by atoms with van der Waals surface area (Å²) in [6.07, 6.45) is 5.29. The number of aliphatic hydroxyl groups is 1. The molecule has 1 N–H and O–H groups in total. The summed E-state index contributed by atoms with van der Waals surface area (Å²) in [6, 6.07) is 10.3. The van der Waals surface area contributed by atoms with Crippen LogP contribution in [0.5, 0.6) is 0 Å². The maximum atomic E-state index is 10.2. The minimum Gasteiger partial charge on any atom is -0.392 e. The molecule has 90 valence electrons. The van der Waals surface area contributed by atoms with Crippen molar-refractivity contribution in [3.05, 3.63) is 35.9 Å². The van der Waals surface area contributed by atoms with Gasteiger partial charge in [-0.05, 0) is 24.3 Å². The summed E-state index contributed by atoms with van der Waals surface area (Å²) in [5, 5.41) is 10.2. The highest BCUT2D eigenvalue weighted by Crippen LogP contribution is 2.19. The van der Waals surface area contributed by atoms with E-state index in [-0.39, 0.29) is 6.10 Å². The van der Waals surface area contributed by atoms with Gasteiger partial charge in [0.05, 0.1) is 6.10 Å². The smallest absolute Gasteiger partial charge is 0.0608 e. The average Bonchev–Trinajstić information content (AvgIpc) is 2.31. The molecule has 0 aliphatic rings. The summed E-state index contributed by atoms with van der Waals surface area (Å²) >= 11 is 0. The lowest BCUT2D eigenvalue weighted by Gasteiger charge is -2.21. The van der Waals surface area contributed by atoms with Crippen LogP contribution in [-0.4, -0.2) is 11.2 Å². The van der Waals surface area contributed by atoms with Crippen LogP contribution in [0.15, 0.2) is 30.3 Å². The lowest BCUT2D eigenvalue weighted by Crippen LogP contribution is -2.22. The molecule has 0 saturated carbocycles. The fourth-order valence-electron chi connectivity index (χ4n) is 2.16. The number of rotatable bonds is 7. The maximum Gasteiger partial charge on any atom is 0.0608 e. The van der Waals surface area contributed by atoms with E-state index in [4.69, 9.17) is 0 Å². The molecule has 0 aliphatic heterocycles. The van der Waals surface area contributed by atoms with Crippen molar-refractivity contribution in [1.82, 2.24) is 0 Å². The van der Waals surface area contributed by atoms with Crippen molar-refractivity contribution in [2.75, 3.05) is 0 Å². The van der Waals surface area contributed by atoms with Crippen LogP contribution >= 0.6 is 0 Å². The third-order valence-corrected chi connectivity index (χ3v) is 3.28. The Balaban J connectivity index is 2.46. The number of unbranched alkanes of at least 4 members (excludes halogenated alkanes) is 1. The van der Waals surface area contributed by atoms with Crippen molar-refractivity contribution in [3.63, 3.8) is 0 Å². The highest BCUT2D eigenvalue weighted by Gasteiger charge is 2.16. The molecule has 0 saturated heterocycles. The van der Waals surface area contributed by atoms with Gasteiger partial charge >= 0.3 is 0 Å². The van der Waals surface area contributed by atoms with Gasteiger partial charge in [0.15, 0.2) is 0 Å². The van der Waals surface area contributed by atoms with Crippen LogP contribution in [0.4, 0.5) is 0 Å². The van der Waals surface area contributed by atoms with Gasteiger partial charge in [0.2, 0.25) is 0 Å². The first kappa shape index (κ1) is 13.2. The Hall–Kier alpha value is -0.820. The molecule has 1 nitrogen and oxygen atoms in total. The molecule has 16 heavy (non-hydrogen) atoms. The molecule has 0 aliphatic carbocycles. The van der Waals surface area contributed by atoms with Crippen molar-refractivity contribution in [2.24, 2.45) is 5.92 Å². The van der Waals surface area contributed by atoms with Gasteiger partial charge in [0, 0.05) is 0 Å². The number of benzene rings is 1. The predicted molar refractivity (Wildman–Crippen MR) is 69.5 cm³/mol. The average molecular weight is 220 g/mol. The molecule has 0 spiro atoms. The third kappa shape index (κ3) is 4.36. The SMILES string of the molecule is CCCC[C@H](CC)[C@H](O)Cc1ccccc1. The highest BCUT2D eigenvalue weighted by atomic mass is 16.3. The molecule has 0 bridgehead atoms. The largest absolute Gasteiger partial charge is 0.392 e. The van der Waals surface area contributed by atoms with Crippen LogP contribution in [0.1, 0.15) is 45.1 Å². The fraction of sp³-hybridized carbons (Fsp3) is 0.600. The van der Waals surface area contributed by atoms with Gasteiger partial charge in [-0.25, -0.2) is 0 Å². The molecule has 2 atom stereocenters. The Morgan fingerprint density at radius 2 is 1.81 bits per heavy atom. The minimum atomic E-state index is -0.182. The zero-order valence-electron chi connectivity index (χ0n) is 10.5. The van der Waals surface area contributed by atoms with Gasteiger partial charge in [-0.2, -0.15) is 0 Å². The predicted octanol–water partition coefficient (Wildman–Crippen LogP) is 3.81. The molecule has 0 radical (unpaired) electrons. The second-order valence-electron chi connectivity index (χ2n) is 4.57. The van der Waals surface area contributed by atoms with Gasteiger partial charge in [-0.15, -0.1) is 0 Å². The summed E-state index contributed by atoms with van der Waals surface area (Å²) < 4.78 is 0. The van der Waals surface area contributed by atoms with E-state index in [1.165, 1.54) is 18.4 Å². The first-order valence-corrected chi connectivity index (χ1v) is 6.49. The molecule has 1 heteroatoms. The summed E-state index contributed by atoms with van der Waals surface area (Å²) in [5.41, 5.74) is 1.24. The van der Waals surface area contributed by atoms with Crippen LogP contribution in [0.2, 0.25) is 0 Å². The van der Waals surface area contributed by atoms with Crippen LogP contribution in [0.3, 0.4) is 0 Å². The topological polar surface area (TPSA) is 20.2 Å². The molecular weight excluding hydrogens is 196 g/mol. The van der Waals surface area contributed by atoms with Crippen molar-refractivity contribution < 1.29 is 5.11 Å². The Kier molecular flexibility index (Phi) is 6.17. The lowest BCUT2D eigenvalue weighted by molar-refractivity contribution is 0.0987. The van der Waals surface area contributed by atoms with E-state index in [2.05, 4.69) is 26.0 Å². The molecule has 1 aromatic carbocycles. The van der Waals surface area contributed by atoms with Crippen LogP contribution < -0.4 is 0 Å². The molecule has 0 unspecified atom stereocenters. The first-order valence-electron chi connectivity index (χ1n) is 6.49. The van der Waals surface area contributed by atoms with Gasteiger partial charge in [0.25, 0.3) is 0 Å². The zero-order chi connectivity index (χ0) is 11.8. The molecule has 0 aromatic heterocycles. The second-order valence-corrected chi connectivity index (χ2v) is 4.57. The van der Waals surface area contributed by atoms with Gasteiger partial charge in [-0.3, -0.25) is 0 Å². The molecule has 0 fully saturated rings. The van der Waals surface area contributed by atoms with Gasteiger partial charge in [0.1, 0.15) is 0 Å². The molecule has 1 rings (SSSR count). The highest BCUT2D eigenvalue weighted by molar-refractivity contribution is 5.15. The molecule has 1 aromatic rings. The van der Waals surface area contributed by atoms with Crippen molar-refractivity contribution in [1.29, 1.82) is 0 Å². The fourth-order valence-corrected chi connectivity index (χ4v) is 2.16. The van der Waals surface area contributed by atoms with Crippen LogP contribution in [0.25, 0.3) is 0 Å². The van der Waals surface area contributed by atoms with Crippen LogP contribution in [-0.2, 0) is 6.42 Å². The van der Waals surface area contributed by atoms with E-state index in [1.54, 1.807) is 0 Å². The quantitative estimate of drug-likeness (QED) is 0.741. The van der Waals surface area contributed by atoms with Crippen molar-refractivity contribution >= 4 is 0 Å². The molecule has 0 heterocycles. The normalized spacial score (nSPS) is 14.7. The maximum absolute atomic E-state index is 10.2. The van der Waals surface area contributed by atoms with E-state index in [1.807, 2.05) is 18.2 Å². The Morgan fingerprint density at radius 3 is 2.38 bits per heavy atom. The molecule has 0 amide bonds. The first-order chi connectivity index (χ1) is 7.77. The van der Waals surface area contributed by atoms with Gasteiger partial charge in [-0.1, -0.05) is 63.4 Å². The Morgan fingerprint density at radius 1 is 1.12 bits per heavy atom. The van der Waals surface area contributed by atoms with Crippen molar-refractivity contribution in [3.8, 4) is 0 Å². The standard InChI is InChI=1S/C15H24O/c1-3-5-11-14(4-2)15(16)12-13-9-7-6-8-10-13/h6-10,14-16H,3-5,11-12H2,1-2H3/t14-,15+/m0/s1. The number of aliphatic hydroxyl groups excluding tert-OH is 1. The van der Waals surface area contributed by atoms with Crippen LogP contribution in [0, 0.1) is 5.92 Å². The van der Waals surface area contributed by atoms with E-state index in [0.29, 0.717) is 5.92 Å². The number of hydrogen-bond donors (Lipinski definition) is 1. The van der Waals surface area contributed by atoms with Crippen molar-refractivity contribution in [2.45, 2.75) is 52.1 Å². The summed E-state index contributed by atoms with van der Waals surface area (Å²) in [4.78, 5) is 0. The second kappa shape index (κ2) is 7.45. The summed E-state index contributed by atoms with van der Waals surface area (Å²) in [7, 11) is 0. The minimum absolute atomic E-state index is 0.182. The lowest BCUT2D eigenvalue weighted by atomic mass is 9.90. The Labute approximate surface area is 99.5 Å². The number of hydrogen-bond acceptors (Lipinski definition) is 1. The van der Waals surface area contributed by atoms with E-state index in [0.717, 1.165) is 19.3 Å². The van der Waals surface area contributed by atoms with E-state index < -0.39 is 0 Å². The van der Waals surface area contributed by atoms with Gasteiger partial charge < -0.3 is 5.11 Å². The molecular formula is C15H24O. The van der Waals surface area contributed by atoms with E-state index >= 15 is 0 Å². The summed E-state index contributed by atoms with van der Waals surface area (Å²) in [5.74, 6) is 0.458. The third-order valence-electron chi connectivity index (χ3n) is 3.28. The summed E-state index contributed by atoms with van der Waals surface area (Å²) in [6.45, 7) is 4.38. The van der Waals surface area contributed by atoms with E-state index in [9.17, 15) is 5.11 Å². The monoisotopic (exact) mass is 220 g/mol.